The van der Waals surface area contributed by atoms with Crippen LogP contribution in [-0.2, 0) is 4.74 Å². The predicted molar refractivity (Wildman–Crippen MR) is 86.7 cm³/mol. The highest BCUT2D eigenvalue weighted by molar-refractivity contribution is 7.98. The molecule has 1 aromatic carbocycles. The van der Waals surface area contributed by atoms with Gasteiger partial charge in [-0.1, -0.05) is 44.7 Å². The minimum absolute atomic E-state index is 0.0676. The van der Waals surface area contributed by atoms with Crippen LogP contribution in [-0.4, -0.2) is 24.7 Å². The highest BCUT2D eigenvalue weighted by Gasteiger charge is 2.09. The van der Waals surface area contributed by atoms with Crippen LogP contribution in [0.2, 0.25) is 0 Å². The van der Waals surface area contributed by atoms with Crippen molar-refractivity contribution < 1.29 is 9.53 Å². The van der Waals surface area contributed by atoms with Crippen molar-refractivity contribution in [2.24, 2.45) is 0 Å². The summed E-state index contributed by atoms with van der Waals surface area (Å²) in [5.74, 6) is 0.0676. The lowest BCUT2D eigenvalue weighted by Gasteiger charge is -2.12. The van der Waals surface area contributed by atoms with Crippen LogP contribution in [0, 0.1) is 0 Å². The maximum atomic E-state index is 12.0. The fourth-order valence-corrected chi connectivity index (χ4v) is 2.43. The first-order valence-electron chi connectivity index (χ1n) is 7.46. The summed E-state index contributed by atoms with van der Waals surface area (Å²) >= 11 is 1.68. The van der Waals surface area contributed by atoms with E-state index in [1.165, 1.54) is 30.6 Å². The minimum Gasteiger partial charge on any atom is -0.370 e. The number of hydrogen-bond acceptors (Lipinski definition) is 3. The third kappa shape index (κ3) is 6.58. The van der Waals surface area contributed by atoms with Crippen molar-refractivity contribution in [3.8, 4) is 0 Å². The van der Waals surface area contributed by atoms with Crippen molar-refractivity contribution in [1.29, 1.82) is 0 Å². The quantitative estimate of drug-likeness (QED) is 0.346. The average molecular weight is 294 g/mol. The summed E-state index contributed by atoms with van der Waals surface area (Å²) < 4.78 is 5.64. The van der Waals surface area contributed by atoms with Crippen LogP contribution in [0.3, 0.4) is 0 Å². The second-order valence-corrected chi connectivity index (χ2v) is 6.00. The number of ketones is 1. The molecule has 0 spiro atoms. The number of benzene rings is 1. The first-order valence-corrected chi connectivity index (χ1v) is 8.68. The molecule has 1 unspecified atom stereocenters. The summed E-state index contributed by atoms with van der Waals surface area (Å²) in [5, 5.41) is 0. The van der Waals surface area contributed by atoms with Gasteiger partial charge in [0.2, 0.25) is 0 Å². The summed E-state index contributed by atoms with van der Waals surface area (Å²) in [6.07, 6.45) is 8.22. The molecule has 112 valence electrons. The van der Waals surface area contributed by atoms with E-state index in [0.29, 0.717) is 0 Å². The number of hydrogen-bond donors (Lipinski definition) is 0. The van der Waals surface area contributed by atoms with Gasteiger partial charge in [0.1, 0.15) is 6.61 Å². The van der Waals surface area contributed by atoms with Crippen LogP contribution >= 0.6 is 11.8 Å². The molecule has 0 saturated carbocycles. The maximum absolute atomic E-state index is 12.0. The maximum Gasteiger partial charge on any atom is 0.188 e. The third-order valence-corrected chi connectivity index (χ3v) is 4.12. The zero-order valence-electron chi connectivity index (χ0n) is 12.9. The van der Waals surface area contributed by atoms with E-state index in [4.69, 9.17) is 4.74 Å². The van der Waals surface area contributed by atoms with Crippen molar-refractivity contribution in [2.45, 2.75) is 57.0 Å². The Labute approximate surface area is 127 Å². The van der Waals surface area contributed by atoms with Gasteiger partial charge in [-0.3, -0.25) is 4.79 Å². The van der Waals surface area contributed by atoms with Crippen molar-refractivity contribution in [3.63, 3.8) is 0 Å². The molecule has 20 heavy (non-hydrogen) atoms. The molecule has 1 rings (SSSR count). The number of rotatable bonds is 10. The van der Waals surface area contributed by atoms with E-state index in [-0.39, 0.29) is 18.5 Å². The average Bonchev–Trinajstić information content (AvgIpc) is 2.49. The third-order valence-electron chi connectivity index (χ3n) is 3.38. The van der Waals surface area contributed by atoms with Crippen molar-refractivity contribution in [3.05, 3.63) is 29.8 Å². The molecule has 3 heteroatoms. The lowest BCUT2D eigenvalue weighted by atomic mass is 10.1. The van der Waals surface area contributed by atoms with Gasteiger partial charge in [-0.25, -0.2) is 0 Å². The Morgan fingerprint density at radius 1 is 1.20 bits per heavy atom. The number of thioether (sulfide) groups is 1. The predicted octanol–water partition coefficient (Wildman–Crippen LogP) is 4.97. The van der Waals surface area contributed by atoms with Crippen molar-refractivity contribution in [1.82, 2.24) is 0 Å². The van der Waals surface area contributed by atoms with E-state index < -0.39 is 0 Å². The number of unbranched alkanes of at least 4 members (excludes halogenated alkanes) is 3. The molecule has 0 amide bonds. The molecule has 1 aromatic rings. The number of ether oxygens (including phenoxy) is 1. The van der Waals surface area contributed by atoms with E-state index in [9.17, 15) is 4.79 Å². The SMILES string of the molecule is CCCCCCC(C)OCC(=O)c1ccc(SC)cc1. The molecule has 0 aromatic heterocycles. The van der Waals surface area contributed by atoms with E-state index in [1.807, 2.05) is 30.5 Å². The molecule has 1 atom stereocenters. The Morgan fingerprint density at radius 2 is 1.90 bits per heavy atom. The molecule has 0 heterocycles. The number of carbonyl (C=O) groups excluding carboxylic acids is 1. The molecule has 0 aliphatic carbocycles. The Balaban J connectivity index is 2.27. The Morgan fingerprint density at radius 3 is 2.50 bits per heavy atom. The van der Waals surface area contributed by atoms with Gasteiger partial charge in [0, 0.05) is 10.5 Å². The molecule has 0 saturated heterocycles. The Hall–Kier alpha value is -0.800. The van der Waals surface area contributed by atoms with Gasteiger partial charge in [-0.05, 0) is 31.7 Å². The van der Waals surface area contributed by atoms with Gasteiger partial charge in [0.25, 0.3) is 0 Å². The highest BCUT2D eigenvalue weighted by atomic mass is 32.2. The molecule has 0 fully saturated rings. The summed E-state index contributed by atoms with van der Waals surface area (Å²) in [5.41, 5.74) is 0.737. The van der Waals surface area contributed by atoms with Crippen LogP contribution in [0.4, 0.5) is 0 Å². The van der Waals surface area contributed by atoms with Gasteiger partial charge < -0.3 is 4.74 Å². The summed E-state index contributed by atoms with van der Waals surface area (Å²) in [6, 6.07) is 7.71. The Bertz CT molecular complexity index is 386. The first kappa shape index (κ1) is 17.3. The standard InChI is InChI=1S/C17H26O2S/c1-4-5-6-7-8-14(2)19-13-17(18)15-9-11-16(20-3)12-10-15/h9-12,14H,4-8,13H2,1-3H3. The smallest absolute Gasteiger partial charge is 0.188 e. The van der Waals surface area contributed by atoms with Crippen molar-refractivity contribution in [2.75, 3.05) is 12.9 Å². The largest absolute Gasteiger partial charge is 0.370 e. The van der Waals surface area contributed by atoms with E-state index >= 15 is 0 Å². The zero-order chi connectivity index (χ0) is 14.8. The minimum atomic E-state index is 0.0676. The van der Waals surface area contributed by atoms with Crippen LogP contribution in [0.1, 0.15) is 56.3 Å². The van der Waals surface area contributed by atoms with Gasteiger partial charge in [0.05, 0.1) is 6.10 Å². The van der Waals surface area contributed by atoms with E-state index in [0.717, 1.165) is 12.0 Å². The van der Waals surface area contributed by atoms with Gasteiger partial charge in [-0.2, -0.15) is 0 Å². The van der Waals surface area contributed by atoms with Crippen LogP contribution < -0.4 is 0 Å². The van der Waals surface area contributed by atoms with Gasteiger partial charge in [0.15, 0.2) is 5.78 Å². The molecule has 0 aliphatic heterocycles. The monoisotopic (exact) mass is 294 g/mol. The molecule has 0 radical (unpaired) electrons. The molecular weight excluding hydrogens is 268 g/mol. The fraction of sp³-hybridized carbons (Fsp3) is 0.588. The molecular formula is C17H26O2S. The van der Waals surface area contributed by atoms with E-state index in [2.05, 4.69) is 13.8 Å². The van der Waals surface area contributed by atoms with Crippen LogP contribution in [0.5, 0.6) is 0 Å². The lowest BCUT2D eigenvalue weighted by molar-refractivity contribution is 0.0483. The summed E-state index contributed by atoms with van der Waals surface area (Å²) in [6.45, 7) is 4.45. The molecule has 0 N–H and O–H groups in total. The van der Waals surface area contributed by atoms with E-state index in [1.54, 1.807) is 11.8 Å². The summed E-state index contributed by atoms with van der Waals surface area (Å²) in [4.78, 5) is 13.2. The van der Waals surface area contributed by atoms with Crippen LogP contribution in [0.15, 0.2) is 29.2 Å². The lowest BCUT2D eigenvalue weighted by Crippen LogP contribution is -2.16. The van der Waals surface area contributed by atoms with Gasteiger partial charge in [-0.15, -0.1) is 11.8 Å². The first-order chi connectivity index (χ1) is 9.67. The topological polar surface area (TPSA) is 26.3 Å². The summed E-state index contributed by atoms with van der Waals surface area (Å²) in [7, 11) is 0. The fourth-order valence-electron chi connectivity index (χ4n) is 2.02. The second-order valence-electron chi connectivity index (χ2n) is 5.12. The highest BCUT2D eigenvalue weighted by Crippen LogP contribution is 2.15. The molecule has 2 nitrogen and oxygen atoms in total. The normalized spacial score (nSPS) is 12.3. The molecule has 0 aliphatic rings. The molecule has 0 bridgehead atoms. The Kier molecular flexibility index (Phi) is 8.63. The van der Waals surface area contributed by atoms with Crippen molar-refractivity contribution >= 4 is 17.5 Å². The number of Topliss-reactive ketones (excluding diaryl/α,β-unsaturated/α-hetero) is 1. The number of carbonyl (C=O) groups is 1. The van der Waals surface area contributed by atoms with Crippen LogP contribution in [0.25, 0.3) is 0 Å². The van der Waals surface area contributed by atoms with Gasteiger partial charge >= 0.3 is 0 Å². The zero-order valence-corrected chi connectivity index (χ0v) is 13.7. The second kappa shape index (κ2) is 10.0.